The molecule has 1 nitrogen and oxygen atoms in total. The van der Waals surface area contributed by atoms with E-state index in [2.05, 4.69) is 32.7 Å². The van der Waals surface area contributed by atoms with E-state index in [1.165, 1.54) is 16.9 Å². The van der Waals surface area contributed by atoms with Crippen molar-refractivity contribution in [1.29, 1.82) is 0 Å². The second kappa shape index (κ2) is 5.11. The van der Waals surface area contributed by atoms with Crippen molar-refractivity contribution in [2.45, 2.75) is 40.5 Å². The molecule has 0 aliphatic heterocycles. The van der Waals surface area contributed by atoms with Crippen molar-refractivity contribution in [3.05, 3.63) is 11.1 Å². The van der Waals surface area contributed by atoms with Crippen molar-refractivity contribution >= 4 is 5.71 Å². The summed E-state index contributed by atoms with van der Waals surface area (Å²) in [5, 5.41) is 0. The Bertz CT molecular complexity index is 169. The summed E-state index contributed by atoms with van der Waals surface area (Å²) in [6.45, 7) is 8.63. The molecular weight excluding hydrogens is 134 g/mol. The van der Waals surface area contributed by atoms with Gasteiger partial charge in [-0.2, -0.15) is 0 Å². The number of aliphatic imine (C=N–C) groups is 1. The predicted octanol–water partition coefficient (Wildman–Crippen LogP) is 3.21. The molecule has 0 N–H and O–H groups in total. The molecule has 0 rings (SSSR count). The molecule has 0 bridgehead atoms. The van der Waals surface area contributed by atoms with Gasteiger partial charge in [0, 0.05) is 12.8 Å². The molecule has 0 saturated heterocycles. The Morgan fingerprint density at radius 2 is 1.55 bits per heavy atom. The monoisotopic (exact) mass is 153 g/mol. The minimum absolute atomic E-state index is 1.15. The highest BCUT2D eigenvalue weighted by Gasteiger charge is 1.99. The molecule has 0 aliphatic rings. The number of rotatable bonds is 3. The van der Waals surface area contributed by atoms with Crippen LogP contribution in [0.1, 0.15) is 40.5 Å². The highest BCUT2D eigenvalue weighted by Crippen LogP contribution is 2.13. The Kier molecular flexibility index (Phi) is 4.84. The predicted molar refractivity (Wildman–Crippen MR) is 52.3 cm³/mol. The van der Waals surface area contributed by atoms with Gasteiger partial charge in [-0.3, -0.25) is 4.99 Å². The zero-order valence-corrected chi connectivity index (χ0v) is 8.36. The Balaban J connectivity index is 4.61. The summed E-state index contributed by atoms with van der Waals surface area (Å²) in [6, 6.07) is 0. The van der Waals surface area contributed by atoms with Gasteiger partial charge in [0.05, 0.1) is 0 Å². The van der Waals surface area contributed by atoms with Gasteiger partial charge in [0.25, 0.3) is 0 Å². The largest absolute Gasteiger partial charge is 0.293 e. The SMILES string of the molecule is CCC(CC)=C(C)C(C)=NC. The van der Waals surface area contributed by atoms with E-state index in [0.717, 1.165) is 12.8 Å². The fourth-order valence-corrected chi connectivity index (χ4v) is 1.20. The van der Waals surface area contributed by atoms with Crippen LogP contribution in [0.3, 0.4) is 0 Å². The van der Waals surface area contributed by atoms with Gasteiger partial charge >= 0.3 is 0 Å². The molecule has 0 amide bonds. The normalized spacial score (nSPS) is 11.5. The van der Waals surface area contributed by atoms with Crippen LogP contribution in [0.15, 0.2) is 16.1 Å². The van der Waals surface area contributed by atoms with Gasteiger partial charge in [-0.1, -0.05) is 19.4 Å². The number of hydrogen-bond acceptors (Lipinski definition) is 1. The van der Waals surface area contributed by atoms with E-state index < -0.39 is 0 Å². The van der Waals surface area contributed by atoms with Crippen LogP contribution < -0.4 is 0 Å². The van der Waals surface area contributed by atoms with E-state index in [-0.39, 0.29) is 0 Å². The Morgan fingerprint density at radius 3 is 1.82 bits per heavy atom. The van der Waals surface area contributed by atoms with Gasteiger partial charge in [0.15, 0.2) is 0 Å². The first-order chi connectivity index (χ1) is 5.17. The lowest BCUT2D eigenvalue weighted by Crippen LogP contribution is -1.97. The third kappa shape index (κ3) is 2.87. The Labute approximate surface area is 70.2 Å². The molecule has 0 aromatic heterocycles. The lowest BCUT2D eigenvalue weighted by atomic mass is 10.0. The first kappa shape index (κ1) is 10.4. The van der Waals surface area contributed by atoms with Gasteiger partial charge in [0.1, 0.15) is 0 Å². The lowest BCUT2D eigenvalue weighted by Gasteiger charge is -2.06. The van der Waals surface area contributed by atoms with Crippen LogP contribution in [0.5, 0.6) is 0 Å². The molecule has 0 fully saturated rings. The molecular formula is C10H19N. The number of nitrogens with zero attached hydrogens (tertiary/aromatic N) is 1. The van der Waals surface area contributed by atoms with Crippen LogP contribution in [0.4, 0.5) is 0 Å². The van der Waals surface area contributed by atoms with Crippen LogP contribution in [0, 0.1) is 0 Å². The number of hydrogen-bond donors (Lipinski definition) is 0. The molecule has 0 aromatic rings. The van der Waals surface area contributed by atoms with Crippen LogP contribution in [-0.2, 0) is 0 Å². The quantitative estimate of drug-likeness (QED) is 0.552. The molecule has 0 atom stereocenters. The lowest BCUT2D eigenvalue weighted by molar-refractivity contribution is 0.960. The molecule has 0 unspecified atom stereocenters. The first-order valence-electron chi connectivity index (χ1n) is 4.29. The van der Waals surface area contributed by atoms with E-state index in [0.29, 0.717) is 0 Å². The zero-order chi connectivity index (χ0) is 8.85. The highest BCUT2D eigenvalue weighted by atomic mass is 14.7. The van der Waals surface area contributed by atoms with E-state index in [4.69, 9.17) is 0 Å². The minimum Gasteiger partial charge on any atom is -0.293 e. The van der Waals surface area contributed by atoms with Gasteiger partial charge in [-0.05, 0) is 32.3 Å². The molecule has 0 saturated carbocycles. The third-order valence-electron chi connectivity index (χ3n) is 2.26. The van der Waals surface area contributed by atoms with Crippen molar-refractivity contribution in [2.75, 3.05) is 7.05 Å². The van der Waals surface area contributed by atoms with Gasteiger partial charge in [-0.25, -0.2) is 0 Å². The number of allylic oxidation sites excluding steroid dienone is 2. The standard InChI is InChI=1S/C10H19N/c1-6-10(7-2)8(3)9(4)11-5/h6-7H2,1-5H3. The van der Waals surface area contributed by atoms with Gasteiger partial charge in [-0.15, -0.1) is 0 Å². The molecule has 0 spiro atoms. The summed E-state index contributed by atoms with van der Waals surface area (Å²) in [7, 11) is 1.85. The molecule has 0 aliphatic carbocycles. The smallest absolute Gasteiger partial charge is 0.0342 e. The van der Waals surface area contributed by atoms with Gasteiger partial charge in [0.2, 0.25) is 0 Å². The topological polar surface area (TPSA) is 12.4 Å². The highest BCUT2D eigenvalue weighted by molar-refractivity contribution is 5.98. The van der Waals surface area contributed by atoms with E-state index in [1.54, 1.807) is 0 Å². The van der Waals surface area contributed by atoms with Crippen molar-refractivity contribution in [3.63, 3.8) is 0 Å². The fourth-order valence-electron chi connectivity index (χ4n) is 1.20. The van der Waals surface area contributed by atoms with Crippen molar-refractivity contribution in [2.24, 2.45) is 4.99 Å². The summed E-state index contributed by atoms with van der Waals surface area (Å²) in [6.07, 6.45) is 2.30. The molecule has 0 aromatic carbocycles. The molecule has 0 radical (unpaired) electrons. The third-order valence-corrected chi connectivity index (χ3v) is 2.26. The van der Waals surface area contributed by atoms with Crippen molar-refractivity contribution < 1.29 is 0 Å². The van der Waals surface area contributed by atoms with Crippen LogP contribution in [0.2, 0.25) is 0 Å². The minimum atomic E-state index is 1.15. The van der Waals surface area contributed by atoms with E-state index >= 15 is 0 Å². The molecule has 11 heavy (non-hydrogen) atoms. The maximum absolute atomic E-state index is 4.16. The summed E-state index contributed by atoms with van der Waals surface area (Å²) in [4.78, 5) is 4.16. The summed E-state index contributed by atoms with van der Waals surface area (Å²) < 4.78 is 0. The molecule has 64 valence electrons. The average Bonchev–Trinajstić information content (AvgIpc) is 2.05. The Morgan fingerprint density at radius 1 is 1.09 bits per heavy atom. The van der Waals surface area contributed by atoms with Crippen LogP contribution in [-0.4, -0.2) is 12.8 Å². The van der Waals surface area contributed by atoms with Crippen molar-refractivity contribution in [1.82, 2.24) is 0 Å². The van der Waals surface area contributed by atoms with Gasteiger partial charge < -0.3 is 0 Å². The molecule has 0 heterocycles. The second-order valence-electron chi connectivity index (χ2n) is 2.74. The maximum atomic E-state index is 4.16. The second-order valence-corrected chi connectivity index (χ2v) is 2.74. The fraction of sp³-hybridized carbons (Fsp3) is 0.700. The van der Waals surface area contributed by atoms with Crippen molar-refractivity contribution in [3.8, 4) is 0 Å². The maximum Gasteiger partial charge on any atom is 0.0342 e. The van der Waals surface area contributed by atoms with Crippen LogP contribution in [0.25, 0.3) is 0 Å². The van der Waals surface area contributed by atoms with Crippen LogP contribution >= 0.6 is 0 Å². The van der Waals surface area contributed by atoms with E-state index in [9.17, 15) is 0 Å². The Hall–Kier alpha value is -0.590. The zero-order valence-electron chi connectivity index (χ0n) is 8.36. The molecule has 1 heteroatoms. The first-order valence-corrected chi connectivity index (χ1v) is 4.29. The average molecular weight is 153 g/mol. The summed E-state index contributed by atoms with van der Waals surface area (Å²) in [5.74, 6) is 0. The summed E-state index contributed by atoms with van der Waals surface area (Å²) >= 11 is 0. The summed E-state index contributed by atoms with van der Waals surface area (Å²) in [5.41, 5.74) is 4.06. The van der Waals surface area contributed by atoms with E-state index in [1.807, 2.05) is 7.05 Å².